The number of carbonyl (C=O) groups is 2. The van der Waals surface area contributed by atoms with Crippen molar-refractivity contribution in [2.45, 2.75) is 37.6 Å². The molecule has 28 heavy (non-hydrogen) atoms. The third-order valence-corrected chi connectivity index (χ3v) is 6.18. The Balaban J connectivity index is 1.81. The van der Waals surface area contributed by atoms with Gasteiger partial charge in [0, 0.05) is 0 Å². The summed E-state index contributed by atoms with van der Waals surface area (Å²) in [5, 5.41) is 18.3. The number of halogens is 3. The minimum absolute atomic E-state index is 0.240. The summed E-state index contributed by atoms with van der Waals surface area (Å²) < 4.78 is 45.8. The number of ether oxygens (including phenoxy) is 1. The highest BCUT2D eigenvalue weighted by Crippen LogP contribution is 2.63. The number of hydrogen-bond acceptors (Lipinski definition) is 5. The summed E-state index contributed by atoms with van der Waals surface area (Å²) in [5.41, 5.74) is -4.24. The molecule has 0 spiro atoms. The molecule has 9 heteroatoms. The van der Waals surface area contributed by atoms with Crippen molar-refractivity contribution in [2.75, 3.05) is 4.90 Å². The van der Waals surface area contributed by atoms with E-state index in [-0.39, 0.29) is 12.1 Å². The molecule has 2 amide bonds. The van der Waals surface area contributed by atoms with Crippen LogP contribution in [0.3, 0.4) is 0 Å². The summed E-state index contributed by atoms with van der Waals surface area (Å²) in [6.45, 7) is 3.26. The van der Waals surface area contributed by atoms with Crippen LogP contribution in [-0.2, 0) is 20.5 Å². The topological polar surface area (TPSA) is 94.2 Å². The van der Waals surface area contributed by atoms with Crippen molar-refractivity contribution >= 4 is 17.5 Å². The fourth-order valence-corrected chi connectivity index (χ4v) is 4.99. The molecular formula is C19H14F3N3O3. The van der Waals surface area contributed by atoms with Gasteiger partial charge in [0.05, 0.1) is 57.9 Å². The molecule has 3 saturated heterocycles. The molecule has 0 saturated carbocycles. The number of carbonyl (C=O) groups excluding carboxylic acids is 2. The number of alkyl halides is 3. The first-order valence-electron chi connectivity index (χ1n) is 8.57. The van der Waals surface area contributed by atoms with Gasteiger partial charge >= 0.3 is 6.18 Å². The van der Waals surface area contributed by atoms with E-state index >= 15 is 0 Å². The van der Waals surface area contributed by atoms with Crippen LogP contribution in [-0.4, -0.2) is 23.0 Å². The Labute approximate surface area is 158 Å². The normalized spacial score (nSPS) is 36.4. The molecule has 4 rings (SSSR count). The highest BCUT2D eigenvalue weighted by Gasteiger charge is 2.76. The third-order valence-electron chi connectivity index (χ3n) is 6.18. The number of fused-ring (bicyclic) bond motifs is 5. The van der Waals surface area contributed by atoms with Gasteiger partial charge in [-0.2, -0.15) is 23.7 Å². The maximum atomic E-state index is 13.3. The lowest BCUT2D eigenvalue weighted by Gasteiger charge is -2.31. The van der Waals surface area contributed by atoms with Crippen molar-refractivity contribution < 1.29 is 27.5 Å². The lowest BCUT2D eigenvalue weighted by molar-refractivity contribution is -0.138. The van der Waals surface area contributed by atoms with Crippen LogP contribution in [0.15, 0.2) is 18.2 Å². The molecule has 0 aliphatic carbocycles. The van der Waals surface area contributed by atoms with Gasteiger partial charge in [-0.3, -0.25) is 9.59 Å². The van der Waals surface area contributed by atoms with Crippen molar-refractivity contribution in [2.24, 2.45) is 17.8 Å². The molecule has 0 radical (unpaired) electrons. The maximum Gasteiger partial charge on any atom is 0.417 e. The molecule has 144 valence electrons. The van der Waals surface area contributed by atoms with Crippen LogP contribution in [0.5, 0.6) is 0 Å². The number of amides is 2. The van der Waals surface area contributed by atoms with Crippen LogP contribution < -0.4 is 4.90 Å². The second kappa shape index (κ2) is 5.33. The van der Waals surface area contributed by atoms with Gasteiger partial charge in [-0.05, 0) is 38.5 Å². The molecule has 3 aliphatic rings. The molecule has 1 aromatic rings. The number of hydrogen-bond donors (Lipinski definition) is 0. The summed E-state index contributed by atoms with van der Waals surface area (Å²) in [4.78, 5) is 26.9. The van der Waals surface area contributed by atoms with Gasteiger partial charge in [-0.15, -0.1) is 0 Å². The summed E-state index contributed by atoms with van der Waals surface area (Å²) in [6.07, 6.45) is -4.54. The first-order chi connectivity index (χ1) is 13.0. The van der Waals surface area contributed by atoms with Crippen molar-refractivity contribution in [3.63, 3.8) is 0 Å². The monoisotopic (exact) mass is 389 g/mol. The van der Waals surface area contributed by atoms with Crippen LogP contribution in [0, 0.1) is 40.4 Å². The van der Waals surface area contributed by atoms with E-state index in [0.717, 1.165) is 17.0 Å². The predicted octanol–water partition coefficient (Wildman–Crippen LogP) is 2.77. The Morgan fingerprint density at radius 3 is 2.39 bits per heavy atom. The summed E-state index contributed by atoms with van der Waals surface area (Å²) >= 11 is 0. The van der Waals surface area contributed by atoms with E-state index in [1.807, 2.05) is 0 Å². The van der Waals surface area contributed by atoms with Gasteiger partial charge in [0.1, 0.15) is 0 Å². The second-order valence-electron chi connectivity index (χ2n) is 7.79. The van der Waals surface area contributed by atoms with E-state index in [9.17, 15) is 28.0 Å². The molecule has 0 aromatic heterocycles. The summed E-state index contributed by atoms with van der Waals surface area (Å²) in [5.74, 6) is -3.72. The molecule has 5 atom stereocenters. The Morgan fingerprint density at radius 2 is 1.82 bits per heavy atom. The predicted molar refractivity (Wildman–Crippen MR) is 87.2 cm³/mol. The van der Waals surface area contributed by atoms with Crippen LogP contribution in [0.25, 0.3) is 0 Å². The van der Waals surface area contributed by atoms with Gasteiger partial charge in [0.25, 0.3) is 0 Å². The number of nitrogens with zero attached hydrogens (tertiary/aromatic N) is 3. The zero-order valence-corrected chi connectivity index (χ0v) is 14.9. The van der Waals surface area contributed by atoms with E-state index in [4.69, 9.17) is 10.00 Å². The van der Waals surface area contributed by atoms with Crippen LogP contribution in [0.2, 0.25) is 0 Å². The van der Waals surface area contributed by atoms with Crippen molar-refractivity contribution in [3.8, 4) is 12.1 Å². The number of benzene rings is 1. The quantitative estimate of drug-likeness (QED) is 0.689. The van der Waals surface area contributed by atoms with Gasteiger partial charge < -0.3 is 4.74 Å². The Morgan fingerprint density at radius 1 is 1.18 bits per heavy atom. The first-order valence-corrected chi connectivity index (χ1v) is 8.57. The van der Waals surface area contributed by atoms with Gasteiger partial charge in [-0.25, -0.2) is 4.90 Å². The molecule has 3 aliphatic heterocycles. The molecule has 1 aromatic carbocycles. The first kappa shape index (κ1) is 18.5. The molecule has 3 heterocycles. The van der Waals surface area contributed by atoms with Crippen molar-refractivity contribution in [3.05, 3.63) is 29.3 Å². The highest BCUT2D eigenvalue weighted by atomic mass is 19.4. The second-order valence-corrected chi connectivity index (χ2v) is 7.79. The van der Waals surface area contributed by atoms with Crippen molar-refractivity contribution in [1.29, 1.82) is 10.5 Å². The van der Waals surface area contributed by atoms with E-state index < -0.39 is 58.1 Å². The van der Waals surface area contributed by atoms with Gasteiger partial charge in [0.2, 0.25) is 11.8 Å². The zero-order valence-electron chi connectivity index (χ0n) is 14.9. The van der Waals surface area contributed by atoms with Gasteiger partial charge in [0.15, 0.2) is 0 Å². The average Bonchev–Trinajstić information content (AvgIpc) is 3.14. The molecule has 3 fully saturated rings. The average molecular weight is 389 g/mol. The van der Waals surface area contributed by atoms with Gasteiger partial charge in [-0.1, -0.05) is 0 Å². The minimum atomic E-state index is -4.81. The fourth-order valence-electron chi connectivity index (χ4n) is 4.99. The van der Waals surface area contributed by atoms with Crippen LogP contribution >= 0.6 is 0 Å². The summed E-state index contributed by atoms with van der Waals surface area (Å²) in [7, 11) is 0. The van der Waals surface area contributed by atoms with Crippen molar-refractivity contribution in [1.82, 2.24) is 0 Å². The maximum absolute atomic E-state index is 13.3. The van der Waals surface area contributed by atoms with E-state index in [0.29, 0.717) is 6.07 Å². The summed E-state index contributed by atoms with van der Waals surface area (Å²) in [6, 6.07) is 6.32. The number of rotatable bonds is 1. The largest absolute Gasteiger partial charge is 0.417 e. The van der Waals surface area contributed by atoms with Crippen LogP contribution in [0.1, 0.15) is 31.4 Å². The molecule has 6 nitrogen and oxygen atoms in total. The molecular weight excluding hydrogens is 375 g/mol. The SMILES string of the molecule is C[C@]12CC(C#N)[C@](C)(O1)[C@@H]1C(=O)N(c3ccc(C#N)c(C(F)(F)F)c3)C(=O)[C@@H]12. The Kier molecular flexibility index (Phi) is 3.51. The number of nitriles is 2. The Bertz CT molecular complexity index is 1010. The third kappa shape index (κ3) is 2.11. The molecule has 1 unspecified atom stereocenters. The highest BCUT2D eigenvalue weighted by molar-refractivity contribution is 6.23. The fraction of sp³-hybridized carbons (Fsp3) is 0.474. The molecule has 0 N–H and O–H groups in total. The van der Waals surface area contributed by atoms with E-state index in [1.165, 1.54) is 6.07 Å². The minimum Gasteiger partial charge on any atom is -0.366 e. The molecule has 2 bridgehead atoms. The van der Waals surface area contributed by atoms with E-state index in [2.05, 4.69) is 6.07 Å². The number of anilines is 1. The lowest BCUT2D eigenvalue weighted by Crippen LogP contribution is -2.45. The smallest absolute Gasteiger partial charge is 0.366 e. The zero-order chi connectivity index (χ0) is 20.6. The Hall–Kier alpha value is -2.91. The van der Waals surface area contributed by atoms with Crippen LogP contribution in [0.4, 0.5) is 18.9 Å². The van der Waals surface area contributed by atoms with E-state index in [1.54, 1.807) is 13.8 Å². The number of imide groups is 1. The standard InChI is InChI=1S/C19H14F3N3O3/c1-17-6-10(8-24)18(2,28-17)14-13(17)15(26)25(16(14)27)11-4-3-9(7-23)12(5-11)19(20,21)22/h3-5,10,13-14H,6H2,1-2H3/t10?,13-,14+,17-,18+/m1/s1. The lowest BCUT2D eigenvalue weighted by atomic mass is 9.64.